The minimum atomic E-state index is -4.06. The molecule has 2 aromatic heterocycles. The highest BCUT2D eigenvalue weighted by atomic mass is 31.2. The van der Waals surface area contributed by atoms with Gasteiger partial charge in [-0.25, -0.2) is 43.7 Å². The van der Waals surface area contributed by atoms with Gasteiger partial charge in [0, 0.05) is 24.3 Å². The fraction of sp³-hybridized carbons (Fsp3) is 0.444. The average Bonchev–Trinajstić information content (AvgIpc) is 3.41. The van der Waals surface area contributed by atoms with Gasteiger partial charge in [-0.3, -0.25) is 13.6 Å². The van der Waals surface area contributed by atoms with E-state index in [2.05, 4.69) is 15.0 Å². The molecular weight excluding hydrogens is 713 g/mol. The number of carboxylic acids is 4. The number of hydrogen-bond donors (Lipinski definition) is 5. The molecule has 0 aliphatic carbocycles. The summed E-state index contributed by atoms with van der Waals surface area (Å²) in [4.78, 5) is 73.5. The maximum absolute atomic E-state index is 13.1. The molecule has 51 heavy (non-hydrogen) atoms. The van der Waals surface area contributed by atoms with Crippen LogP contribution in [-0.4, -0.2) is 114 Å². The van der Waals surface area contributed by atoms with Gasteiger partial charge in [-0.05, 0) is 34.6 Å². The van der Waals surface area contributed by atoms with E-state index in [9.17, 15) is 33.3 Å². The topological polar surface area (TPSA) is 335 Å². The Hall–Kier alpha value is -5.64. The Morgan fingerprint density at radius 3 is 1.59 bits per heavy atom. The lowest BCUT2D eigenvalue weighted by Gasteiger charge is -2.21. The van der Waals surface area contributed by atoms with E-state index in [4.69, 9.17) is 58.9 Å². The normalized spacial score (nSPS) is 11.7. The molecule has 24 heteroatoms. The van der Waals surface area contributed by atoms with Crippen LogP contribution in [0.4, 0.5) is 15.4 Å². The van der Waals surface area contributed by atoms with Gasteiger partial charge in [0.05, 0.1) is 31.2 Å². The lowest BCUT2D eigenvalue weighted by atomic mass is 10.4. The third-order valence-electron chi connectivity index (χ3n) is 4.65. The van der Waals surface area contributed by atoms with Gasteiger partial charge in [0.1, 0.15) is 18.2 Å². The second-order valence-electron chi connectivity index (χ2n) is 9.68. The number of aliphatic carboxylic acids is 4. The maximum atomic E-state index is 13.1. The van der Waals surface area contributed by atoms with Crippen molar-refractivity contribution in [2.24, 2.45) is 0 Å². The molecule has 0 aliphatic rings. The van der Waals surface area contributed by atoms with Gasteiger partial charge in [-0.15, -0.1) is 0 Å². The highest BCUT2D eigenvalue weighted by Gasteiger charge is 2.29. The molecule has 0 saturated carbocycles. The Morgan fingerprint density at radius 1 is 0.765 bits per heavy atom. The molecule has 0 aromatic carbocycles. The number of nitrogen functional groups attached to an aromatic ring is 1. The van der Waals surface area contributed by atoms with Gasteiger partial charge >= 0.3 is 43.8 Å². The zero-order valence-electron chi connectivity index (χ0n) is 27.8. The summed E-state index contributed by atoms with van der Waals surface area (Å²) in [6.07, 6.45) is 1.10. The second-order valence-corrected chi connectivity index (χ2v) is 11.7. The molecule has 0 fully saturated rings. The lowest BCUT2D eigenvalue weighted by Crippen LogP contribution is -2.20. The Labute approximate surface area is 289 Å². The number of aromatic nitrogens is 4. The second kappa shape index (κ2) is 23.7. The molecular formula is C27H38N5O18P. The van der Waals surface area contributed by atoms with Crippen LogP contribution in [0, 0.1) is 0 Å². The van der Waals surface area contributed by atoms with Crippen LogP contribution < -0.4 is 5.73 Å². The van der Waals surface area contributed by atoms with Crippen molar-refractivity contribution in [3.8, 4) is 0 Å². The van der Waals surface area contributed by atoms with Gasteiger partial charge in [0.25, 0.3) is 0 Å². The summed E-state index contributed by atoms with van der Waals surface area (Å²) in [5.41, 5.74) is 6.72. The number of rotatable bonds is 17. The molecule has 284 valence electrons. The summed E-state index contributed by atoms with van der Waals surface area (Å²) < 4.78 is 49.7. The van der Waals surface area contributed by atoms with Crippen LogP contribution in [-0.2, 0) is 63.0 Å². The molecule has 0 bridgehead atoms. The Morgan fingerprint density at radius 2 is 1.20 bits per heavy atom. The first-order chi connectivity index (χ1) is 23.7. The molecule has 0 saturated heterocycles. The highest BCUT2D eigenvalue weighted by Crippen LogP contribution is 2.48. The number of imidazole rings is 1. The first kappa shape index (κ1) is 45.4. The largest absolute Gasteiger partial charge is 0.510 e. The number of fused-ring (bicyclic) bond motifs is 1. The van der Waals surface area contributed by atoms with Crippen molar-refractivity contribution in [2.45, 2.75) is 59.5 Å². The van der Waals surface area contributed by atoms with Crippen molar-refractivity contribution >= 4 is 60.8 Å². The van der Waals surface area contributed by atoms with E-state index in [0.717, 1.165) is 0 Å². The van der Waals surface area contributed by atoms with E-state index < -0.39 is 82.0 Å². The van der Waals surface area contributed by atoms with Crippen LogP contribution >= 0.6 is 7.60 Å². The number of carboxylic acid groups (broad SMARTS) is 4. The first-order valence-corrected chi connectivity index (χ1v) is 15.8. The van der Waals surface area contributed by atoms with Crippen molar-refractivity contribution in [1.29, 1.82) is 0 Å². The number of carbonyl (C=O) groups excluding carboxylic acids is 2. The highest BCUT2D eigenvalue weighted by molar-refractivity contribution is 7.53. The average molecular weight is 752 g/mol. The zero-order chi connectivity index (χ0) is 39.1. The zero-order valence-corrected chi connectivity index (χ0v) is 28.7. The van der Waals surface area contributed by atoms with Gasteiger partial charge in [-0.1, -0.05) is 0 Å². The van der Waals surface area contributed by atoms with Crippen LogP contribution in [0.1, 0.15) is 34.6 Å². The number of nitrogens with zero attached hydrogens (tertiary/aromatic N) is 4. The van der Waals surface area contributed by atoms with Crippen molar-refractivity contribution < 1.29 is 86.5 Å². The molecule has 2 heterocycles. The van der Waals surface area contributed by atoms with Gasteiger partial charge < -0.3 is 54.4 Å². The fourth-order valence-electron chi connectivity index (χ4n) is 2.74. The van der Waals surface area contributed by atoms with Gasteiger partial charge in [-0.2, -0.15) is 0 Å². The summed E-state index contributed by atoms with van der Waals surface area (Å²) in [6, 6.07) is 0. The molecule has 2 rings (SSSR count). The summed E-state index contributed by atoms with van der Waals surface area (Å²) in [7, 11) is -4.06. The van der Waals surface area contributed by atoms with Crippen LogP contribution in [0.25, 0.3) is 11.2 Å². The van der Waals surface area contributed by atoms with Gasteiger partial charge in [0.15, 0.2) is 11.5 Å². The van der Waals surface area contributed by atoms with E-state index in [-0.39, 0.29) is 12.4 Å². The SMILES string of the molecule is CC(C)OC(=O)OCOP(=O)(CO[C@H](C)Cn1cnc2c(N)ncnc21)OCOC(=O)OC(C)C.O=C(O)/C=C/C(=O)O.O=C(O)/C=C/C(=O)O. The molecule has 0 amide bonds. The Kier molecular flexibility index (Phi) is 21.1. The number of nitrogens with two attached hydrogens (primary N) is 1. The molecule has 0 radical (unpaired) electrons. The van der Waals surface area contributed by atoms with Gasteiger partial charge in [0.2, 0.25) is 13.6 Å². The summed E-state index contributed by atoms with van der Waals surface area (Å²) in [6.45, 7) is 6.98. The van der Waals surface area contributed by atoms with E-state index in [1.165, 1.54) is 12.7 Å². The van der Waals surface area contributed by atoms with Crippen LogP contribution in [0.3, 0.4) is 0 Å². The first-order valence-electron chi connectivity index (χ1n) is 14.1. The Bertz CT molecular complexity index is 1480. The predicted octanol–water partition coefficient (Wildman–Crippen LogP) is 2.46. The standard InChI is InChI=1S/C19H30N5O10P.2C4H4O4/c1-12(2)33-18(25)28-9-31-35(27,32-10-29-19(26)34-13(3)4)11-30-14(5)6-24-8-23-15-16(20)21-7-22-17(15)24;2*5-3(6)1-2-4(7)8/h7-8,12-14H,6,9-11H2,1-5H3,(H2,20,21,22);2*1-2H,(H,5,6)(H,7,8)/b;2*2-1+/t14-;;/m1../s1. The van der Waals surface area contributed by atoms with E-state index in [0.29, 0.717) is 35.5 Å². The van der Waals surface area contributed by atoms with E-state index in [1.807, 2.05) is 0 Å². The molecule has 2 aromatic rings. The van der Waals surface area contributed by atoms with Crippen molar-refractivity contribution in [3.05, 3.63) is 37.0 Å². The third kappa shape index (κ3) is 22.6. The minimum absolute atomic E-state index is 0.237. The van der Waals surface area contributed by atoms with Crippen LogP contribution in [0.2, 0.25) is 0 Å². The molecule has 0 spiro atoms. The number of hydrogen-bond acceptors (Lipinski definition) is 18. The molecule has 1 atom stereocenters. The van der Waals surface area contributed by atoms with Crippen molar-refractivity contribution in [3.63, 3.8) is 0 Å². The summed E-state index contributed by atoms with van der Waals surface area (Å²) in [5.74, 6) is -4.79. The predicted molar refractivity (Wildman–Crippen MR) is 169 cm³/mol. The molecule has 0 unspecified atom stereocenters. The molecule has 6 N–H and O–H groups in total. The Balaban J connectivity index is 0.00000129. The number of ether oxygens (including phenoxy) is 5. The minimum Gasteiger partial charge on any atom is -0.478 e. The lowest BCUT2D eigenvalue weighted by molar-refractivity contribution is -0.134. The summed E-state index contributed by atoms with van der Waals surface area (Å²) >= 11 is 0. The van der Waals surface area contributed by atoms with Crippen molar-refractivity contribution in [1.82, 2.24) is 19.5 Å². The third-order valence-corrected chi connectivity index (χ3v) is 6.12. The quantitative estimate of drug-likeness (QED) is 0.0670. The van der Waals surface area contributed by atoms with E-state index in [1.54, 1.807) is 39.2 Å². The number of anilines is 1. The monoisotopic (exact) mass is 751 g/mol. The fourth-order valence-corrected chi connectivity index (χ4v) is 3.83. The number of carbonyl (C=O) groups is 6. The maximum Gasteiger partial charge on any atom is 0.510 e. The van der Waals surface area contributed by atoms with Crippen LogP contribution in [0.15, 0.2) is 37.0 Å². The van der Waals surface area contributed by atoms with Crippen LogP contribution in [0.5, 0.6) is 0 Å². The molecule has 23 nitrogen and oxygen atoms in total. The smallest absolute Gasteiger partial charge is 0.478 e. The van der Waals surface area contributed by atoms with Crippen molar-refractivity contribution in [2.75, 3.05) is 25.7 Å². The summed E-state index contributed by atoms with van der Waals surface area (Å²) in [5, 5.41) is 31.2. The molecule has 0 aliphatic heterocycles. The van der Waals surface area contributed by atoms with E-state index >= 15 is 0 Å².